The lowest BCUT2D eigenvalue weighted by molar-refractivity contribution is -0.123. The molecule has 0 radical (unpaired) electrons. The van der Waals surface area contributed by atoms with Crippen LogP contribution in [0.3, 0.4) is 0 Å². The zero-order chi connectivity index (χ0) is 15.5. The van der Waals surface area contributed by atoms with Crippen LogP contribution in [-0.4, -0.2) is 53.8 Å². The quantitative estimate of drug-likeness (QED) is 0.816. The first-order chi connectivity index (χ1) is 10.7. The molecule has 0 aromatic carbocycles. The largest absolute Gasteiger partial charge is 0.383 e. The standard InChI is InChI=1S/C15H24N4O3/c1-10(9-21-2)16-13(20)8-19-7-3-4-12(19)14-17-15(22-18-14)11-5-6-11/h10-12H,3-9H2,1-2H3,(H,16,20)/t10-,12-/m0/s1. The van der Waals surface area contributed by atoms with Gasteiger partial charge in [-0.3, -0.25) is 9.69 Å². The number of rotatable bonds is 7. The molecule has 122 valence electrons. The third kappa shape index (κ3) is 3.64. The van der Waals surface area contributed by atoms with Crippen molar-refractivity contribution in [3.8, 4) is 0 Å². The highest BCUT2D eigenvalue weighted by Gasteiger charge is 2.34. The van der Waals surface area contributed by atoms with Crippen LogP contribution in [0.2, 0.25) is 0 Å². The molecule has 2 heterocycles. The van der Waals surface area contributed by atoms with Crippen LogP contribution in [0.1, 0.15) is 56.3 Å². The van der Waals surface area contributed by atoms with Crippen molar-refractivity contribution in [1.29, 1.82) is 0 Å². The number of carbonyl (C=O) groups is 1. The molecule has 1 saturated heterocycles. The van der Waals surface area contributed by atoms with E-state index in [1.165, 1.54) is 0 Å². The van der Waals surface area contributed by atoms with Crippen molar-refractivity contribution in [3.63, 3.8) is 0 Å². The van der Waals surface area contributed by atoms with Crippen molar-refractivity contribution in [2.45, 2.75) is 50.6 Å². The second kappa shape index (κ2) is 6.75. The third-order valence-electron chi connectivity index (χ3n) is 4.22. The van der Waals surface area contributed by atoms with Gasteiger partial charge in [0, 0.05) is 19.1 Å². The van der Waals surface area contributed by atoms with Crippen LogP contribution in [0, 0.1) is 0 Å². The fraction of sp³-hybridized carbons (Fsp3) is 0.800. The number of ether oxygens (including phenoxy) is 1. The van der Waals surface area contributed by atoms with Crippen LogP contribution < -0.4 is 5.32 Å². The monoisotopic (exact) mass is 308 g/mol. The summed E-state index contributed by atoms with van der Waals surface area (Å²) in [6, 6.07) is 0.116. The van der Waals surface area contributed by atoms with E-state index >= 15 is 0 Å². The molecule has 7 heteroatoms. The average Bonchev–Trinajstić information content (AvgIpc) is 3.03. The molecule has 2 aliphatic rings. The maximum absolute atomic E-state index is 12.1. The van der Waals surface area contributed by atoms with Gasteiger partial charge in [0.2, 0.25) is 11.8 Å². The second-order valence-electron chi connectivity index (χ2n) is 6.32. The third-order valence-corrected chi connectivity index (χ3v) is 4.22. The van der Waals surface area contributed by atoms with Crippen LogP contribution in [0.25, 0.3) is 0 Å². The van der Waals surface area contributed by atoms with Gasteiger partial charge in [-0.1, -0.05) is 5.16 Å². The first kappa shape index (κ1) is 15.4. The van der Waals surface area contributed by atoms with Gasteiger partial charge in [0.1, 0.15) is 0 Å². The van der Waals surface area contributed by atoms with Crippen LogP contribution in [0.5, 0.6) is 0 Å². The summed E-state index contributed by atoms with van der Waals surface area (Å²) in [7, 11) is 1.63. The molecule has 1 aromatic rings. The van der Waals surface area contributed by atoms with E-state index in [-0.39, 0.29) is 18.0 Å². The molecule has 3 rings (SSSR count). The number of hydrogen-bond donors (Lipinski definition) is 1. The SMILES string of the molecule is COC[C@H](C)NC(=O)CN1CCC[C@H]1c1noc(C2CC2)n1. The number of nitrogens with zero attached hydrogens (tertiary/aromatic N) is 3. The van der Waals surface area contributed by atoms with Gasteiger partial charge in [0.15, 0.2) is 5.82 Å². The predicted octanol–water partition coefficient (Wildman–Crippen LogP) is 1.23. The molecule has 2 atom stereocenters. The summed E-state index contributed by atoms with van der Waals surface area (Å²) in [5, 5.41) is 7.07. The minimum Gasteiger partial charge on any atom is -0.383 e. The minimum absolute atomic E-state index is 0.0161. The van der Waals surface area contributed by atoms with Crippen molar-refractivity contribution in [3.05, 3.63) is 11.7 Å². The Morgan fingerprint density at radius 1 is 1.50 bits per heavy atom. The Hall–Kier alpha value is -1.47. The average molecular weight is 308 g/mol. The molecule has 22 heavy (non-hydrogen) atoms. The fourth-order valence-electron chi connectivity index (χ4n) is 2.98. The molecule has 1 N–H and O–H groups in total. The van der Waals surface area contributed by atoms with Gasteiger partial charge in [-0.25, -0.2) is 0 Å². The normalized spacial score (nSPS) is 23.6. The smallest absolute Gasteiger partial charge is 0.234 e. The van der Waals surface area contributed by atoms with Gasteiger partial charge in [0.05, 0.1) is 19.2 Å². The molecular formula is C15H24N4O3. The summed E-state index contributed by atoms with van der Waals surface area (Å²) in [6.07, 6.45) is 4.33. The van der Waals surface area contributed by atoms with Crippen molar-refractivity contribution in [1.82, 2.24) is 20.4 Å². The maximum atomic E-state index is 12.1. The van der Waals surface area contributed by atoms with E-state index in [1.54, 1.807) is 7.11 Å². The fourth-order valence-corrected chi connectivity index (χ4v) is 2.98. The first-order valence-electron chi connectivity index (χ1n) is 8.03. The predicted molar refractivity (Wildman–Crippen MR) is 79.3 cm³/mol. The number of methoxy groups -OCH3 is 1. The highest BCUT2D eigenvalue weighted by molar-refractivity contribution is 5.78. The number of amides is 1. The van der Waals surface area contributed by atoms with Gasteiger partial charge in [-0.15, -0.1) is 0 Å². The maximum Gasteiger partial charge on any atom is 0.234 e. The van der Waals surface area contributed by atoms with E-state index < -0.39 is 0 Å². The summed E-state index contributed by atoms with van der Waals surface area (Å²) >= 11 is 0. The molecule has 1 saturated carbocycles. The van der Waals surface area contributed by atoms with Gasteiger partial charge < -0.3 is 14.6 Å². The van der Waals surface area contributed by atoms with Crippen LogP contribution in [-0.2, 0) is 9.53 Å². The van der Waals surface area contributed by atoms with Crippen molar-refractivity contribution >= 4 is 5.91 Å². The number of aromatic nitrogens is 2. The van der Waals surface area contributed by atoms with E-state index in [0.717, 1.165) is 43.9 Å². The van der Waals surface area contributed by atoms with E-state index in [4.69, 9.17) is 9.26 Å². The first-order valence-corrected chi connectivity index (χ1v) is 8.03. The molecule has 1 aliphatic heterocycles. The summed E-state index contributed by atoms with van der Waals surface area (Å²) in [4.78, 5) is 18.8. The van der Waals surface area contributed by atoms with E-state index in [9.17, 15) is 4.79 Å². The van der Waals surface area contributed by atoms with Gasteiger partial charge in [0.25, 0.3) is 0 Å². The summed E-state index contributed by atoms with van der Waals surface area (Å²) in [5.74, 6) is 1.98. The Morgan fingerprint density at radius 2 is 2.32 bits per heavy atom. The Labute approximate surface area is 130 Å². The summed E-state index contributed by atoms with van der Waals surface area (Å²) in [5.41, 5.74) is 0. The van der Waals surface area contributed by atoms with E-state index in [1.807, 2.05) is 6.92 Å². The van der Waals surface area contributed by atoms with Gasteiger partial charge in [-0.05, 0) is 39.2 Å². The second-order valence-corrected chi connectivity index (χ2v) is 6.32. The lowest BCUT2D eigenvalue weighted by Crippen LogP contribution is -2.42. The Bertz CT molecular complexity index is 515. The topological polar surface area (TPSA) is 80.5 Å². The van der Waals surface area contributed by atoms with E-state index in [2.05, 4.69) is 20.4 Å². The lowest BCUT2D eigenvalue weighted by atomic mass is 10.2. The highest BCUT2D eigenvalue weighted by Crippen LogP contribution is 2.40. The summed E-state index contributed by atoms with van der Waals surface area (Å²) < 4.78 is 10.4. The van der Waals surface area contributed by atoms with Crippen LogP contribution in [0.15, 0.2) is 4.52 Å². The van der Waals surface area contributed by atoms with Gasteiger partial charge in [-0.2, -0.15) is 4.98 Å². The van der Waals surface area contributed by atoms with E-state index in [0.29, 0.717) is 19.1 Å². The molecular weight excluding hydrogens is 284 g/mol. The van der Waals surface area contributed by atoms with Gasteiger partial charge >= 0.3 is 0 Å². The highest BCUT2D eigenvalue weighted by atomic mass is 16.5. The van der Waals surface area contributed by atoms with Crippen molar-refractivity contribution in [2.75, 3.05) is 26.8 Å². The number of hydrogen-bond acceptors (Lipinski definition) is 6. The van der Waals surface area contributed by atoms with Crippen LogP contribution in [0.4, 0.5) is 0 Å². The Kier molecular flexibility index (Phi) is 4.73. The zero-order valence-electron chi connectivity index (χ0n) is 13.2. The lowest BCUT2D eigenvalue weighted by Gasteiger charge is -2.22. The molecule has 0 bridgehead atoms. The molecule has 1 aliphatic carbocycles. The molecule has 0 unspecified atom stereocenters. The van der Waals surface area contributed by atoms with Crippen LogP contribution >= 0.6 is 0 Å². The Morgan fingerprint density at radius 3 is 3.05 bits per heavy atom. The number of likely N-dealkylation sites (tertiary alicyclic amines) is 1. The molecule has 7 nitrogen and oxygen atoms in total. The minimum atomic E-state index is 0.0161. The molecule has 2 fully saturated rings. The molecule has 1 aromatic heterocycles. The van der Waals surface area contributed by atoms with Crippen molar-refractivity contribution in [2.24, 2.45) is 0 Å². The number of nitrogens with one attached hydrogen (secondary N) is 1. The van der Waals surface area contributed by atoms with Crippen molar-refractivity contribution < 1.29 is 14.1 Å². The molecule has 0 spiro atoms. The molecule has 1 amide bonds. The Balaban J connectivity index is 1.56. The number of carbonyl (C=O) groups excluding carboxylic acids is 1. The zero-order valence-corrected chi connectivity index (χ0v) is 13.2. The summed E-state index contributed by atoms with van der Waals surface area (Å²) in [6.45, 7) is 3.71.